The normalized spacial score (nSPS) is 11.8. The van der Waals surface area contributed by atoms with Crippen molar-refractivity contribution in [2.24, 2.45) is 0 Å². The number of carbonyl (C=O) groups excluding carboxylic acids is 1. The van der Waals surface area contributed by atoms with E-state index >= 15 is 0 Å². The second kappa shape index (κ2) is 5.87. The second-order valence-corrected chi connectivity index (χ2v) is 5.94. The van der Waals surface area contributed by atoms with Gasteiger partial charge in [0.2, 0.25) is 0 Å². The molecule has 0 amide bonds. The third-order valence-corrected chi connectivity index (χ3v) is 3.24. The molecule has 0 aliphatic carbocycles. The standard InChI is InChI=1S/C19H20O/c1-19(2,3)17-11-7-10-16(14-17)18(20)13-12-15-8-5-4-6-9-15/h4-14H,1-3H3/b13-12+. The summed E-state index contributed by atoms with van der Waals surface area (Å²) in [6.45, 7) is 6.45. The van der Waals surface area contributed by atoms with Crippen molar-refractivity contribution in [3.05, 3.63) is 77.4 Å². The van der Waals surface area contributed by atoms with E-state index in [0.29, 0.717) is 0 Å². The van der Waals surface area contributed by atoms with Crippen molar-refractivity contribution in [1.82, 2.24) is 0 Å². The molecule has 102 valence electrons. The van der Waals surface area contributed by atoms with Gasteiger partial charge in [0.1, 0.15) is 0 Å². The molecule has 2 aromatic rings. The quantitative estimate of drug-likeness (QED) is 0.570. The van der Waals surface area contributed by atoms with Crippen molar-refractivity contribution in [2.75, 3.05) is 0 Å². The van der Waals surface area contributed by atoms with Crippen LogP contribution in [0.25, 0.3) is 6.08 Å². The van der Waals surface area contributed by atoms with E-state index in [-0.39, 0.29) is 11.2 Å². The second-order valence-electron chi connectivity index (χ2n) is 5.94. The lowest BCUT2D eigenvalue weighted by Crippen LogP contribution is -2.11. The van der Waals surface area contributed by atoms with Crippen LogP contribution in [-0.2, 0) is 5.41 Å². The number of allylic oxidation sites excluding steroid dienone is 1. The fraction of sp³-hybridized carbons (Fsp3) is 0.211. The minimum absolute atomic E-state index is 0.0416. The summed E-state index contributed by atoms with van der Waals surface area (Å²) in [5, 5.41) is 0. The number of rotatable bonds is 3. The van der Waals surface area contributed by atoms with Gasteiger partial charge in [0.15, 0.2) is 5.78 Å². The summed E-state index contributed by atoms with van der Waals surface area (Å²) in [5.74, 6) is 0.0416. The van der Waals surface area contributed by atoms with Crippen LogP contribution in [-0.4, -0.2) is 5.78 Å². The molecule has 0 aromatic heterocycles. The number of carbonyl (C=O) groups is 1. The van der Waals surface area contributed by atoms with Crippen LogP contribution < -0.4 is 0 Å². The lowest BCUT2D eigenvalue weighted by molar-refractivity contribution is 0.104. The predicted molar refractivity (Wildman–Crippen MR) is 84.9 cm³/mol. The average molecular weight is 264 g/mol. The molecule has 0 unspecified atom stereocenters. The Labute approximate surface area is 121 Å². The van der Waals surface area contributed by atoms with Crippen LogP contribution in [0.2, 0.25) is 0 Å². The van der Waals surface area contributed by atoms with Crippen LogP contribution in [0.5, 0.6) is 0 Å². The minimum atomic E-state index is 0.0416. The van der Waals surface area contributed by atoms with E-state index in [1.54, 1.807) is 6.08 Å². The van der Waals surface area contributed by atoms with Gasteiger partial charge in [-0.25, -0.2) is 0 Å². The Morgan fingerprint density at radius 2 is 1.65 bits per heavy atom. The Kier molecular flexibility index (Phi) is 4.19. The van der Waals surface area contributed by atoms with Crippen LogP contribution in [0, 0.1) is 0 Å². The highest BCUT2D eigenvalue weighted by molar-refractivity contribution is 6.06. The molecule has 2 rings (SSSR count). The first-order chi connectivity index (χ1) is 9.47. The zero-order valence-electron chi connectivity index (χ0n) is 12.3. The van der Waals surface area contributed by atoms with Crippen molar-refractivity contribution >= 4 is 11.9 Å². The number of benzene rings is 2. The highest BCUT2D eigenvalue weighted by atomic mass is 16.1. The topological polar surface area (TPSA) is 17.1 Å². The SMILES string of the molecule is CC(C)(C)c1cccc(C(=O)/C=C/c2ccccc2)c1. The van der Waals surface area contributed by atoms with Gasteiger partial charge in [0.05, 0.1) is 0 Å². The smallest absolute Gasteiger partial charge is 0.185 e. The molecule has 0 bridgehead atoms. The first-order valence-corrected chi connectivity index (χ1v) is 6.85. The lowest BCUT2D eigenvalue weighted by Gasteiger charge is -2.19. The van der Waals surface area contributed by atoms with Gasteiger partial charge in [0, 0.05) is 5.56 Å². The van der Waals surface area contributed by atoms with Gasteiger partial charge in [0.25, 0.3) is 0 Å². The third-order valence-electron chi connectivity index (χ3n) is 3.24. The molecule has 1 heteroatoms. The Balaban J connectivity index is 2.20. The summed E-state index contributed by atoms with van der Waals surface area (Å²) in [4.78, 5) is 12.2. The van der Waals surface area contributed by atoms with Crippen LogP contribution >= 0.6 is 0 Å². The maximum absolute atomic E-state index is 12.2. The molecular weight excluding hydrogens is 244 g/mol. The van der Waals surface area contributed by atoms with Crippen LogP contribution in [0.1, 0.15) is 42.3 Å². The summed E-state index contributed by atoms with van der Waals surface area (Å²) < 4.78 is 0. The van der Waals surface area contributed by atoms with Crippen LogP contribution in [0.4, 0.5) is 0 Å². The number of hydrogen-bond acceptors (Lipinski definition) is 1. The molecule has 0 saturated carbocycles. The third kappa shape index (κ3) is 3.67. The van der Waals surface area contributed by atoms with Crippen molar-refractivity contribution in [3.63, 3.8) is 0 Å². The molecule has 0 fully saturated rings. The summed E-state index contributed by atoms with van der Waals surface area (Å²) in [6.07, 6.45) is 3.49. The highest BCUT2D eigenvalue weighted by Crippen LogP contribution is 2.23. The van der Waals surface area contributed by atoms with E-state index in [1.165, 1.54) is 5.56 Å². The van der Waals surface area contributed by atoms with E-state index in [0.717, 1.165) is 11.1 Å². The summed E-state index contributed by atoms with van der Waals surface area (Å²) in [5.41, 5.74) is 3.01. The van der Waals surface area contributed by atoms with Gasteiger partial charge in [-0.15, -0.1) is 0 Å². The van der Waals surface area contributed by atoms with Gasteiger partial charge in [-0.1, -0.05) is 75.4 Å². The zero-order chi connectivity index (χ0) is 14.6. The molecule has 0 aliphatic rings. The monoisotopic (exact) mass is 264 g/mol. The molecule has 0 atom stereocenters. The summed E-state index contributed by atoms with van der Waals surface area (Å²) >= 11 is 0. The number of ketones is 1. The first kappa shape index (κ1) is 14.3. The molecule has 0 saturated heterocycles. The van der Waals surface area contributed by atoms with Crippen molar-refractivity contribution in [1.29, 1.82) is 0 Å². The number of hydrogen-bond donors (Lipinski definition) is 0. The molecule has 20 heavy (non-hydrogen) atoms. The van der Waals surface area contributed by atoms with E-state index < -0.39 is 0 Å². The molecule has 0 spiro atoms. The lowest BCUT2D eigenvalue weighted by atomic mass is 9.86. The maximum Gasteiger partial charge on any atom is 0.185 e. The zero-order valence-corrected chi connectivity index (χ0v) is 12.3. The Bertz CT molecular complexity index is 616. The minimum Gasteiger partial charge on any atom is -0.289 e. The molecule has 1 nitrogen and oxygen atoms in total. The average Bonchev–Trinajstić information content (AvgIpc) is 2.45. The highest BCUT2D eigenvalue weighted by Gasteiger charge is 2.14. The maximum atomic E-state index is 12.2. The Morgan fingerprint density at radius 1 is 0.950 bits per heavy atom. The Hall–Kier alpha value is -2.15. The summed E-state index contributed by atoms with van der Waals surface area (Å²) in [6, 6.07) is 17.7. The molecule has 0 radical (unpaired) electrons. The molecule has 0 aliphatic heterocycles. The fourth-order valence-corrected chi connectivity index (χ4v) is 1.97. The van der Waals surface area contributed by atoms with E-state index in [2.05, 4.69) is 26.8 Å². The summed E-state index contributed by atoms with van der Waals surface area (Å²) in [7, 11) is 0. The van der Waals surface area contributed by atoms with Gasteiger partial charge in [-0.05, 0) is 28.7 Å². The molecular formula is C19H20O. The van der Waals surface area contributed by atoms with E-state index in [1.807, 2.05) is 54.6 Å². The molecule has 0 heterocycles. The van der Waals surface area contributed by atoms with Crippen molar-refractivity contribution in [3.8, 4) is 0 Å². The van der Waals surface area contributed by atoms with Crippen molar-refractivity contribution in [2.45, 2.75) is 26.2 Å². The van der Waals surface area contributed by atoms with Gasteiger partial charge in [-0.3, -0.25) is 4.79 Å². The van der Waals surface area contributed by atoms with Crippen LogP contribution in [0.15, 0.2) is 60.7 Å². The van der Waals surface area contributed by atoms with Gasteiger partial charge < -0.3 is 0 Å². The first-order valence-electron chi connectivity index (χ1n) is 6.85. The van der Waals surface area contributed by atoms with Crippen molar-refractivity contribution < 1.29 is 4.79 Å². The molecule has 0 N–H and O–H groups in total. The van der Waals surface area contributed by atoms with Crippen LogP contribution in [0.3, 0.4) is 0 Å². The fourth-order valence-electron chi connectivity index (χ4n) is 1.97. The Morgan fingerprint density at radius 3 is 2.30 bits per heavy atom. The van der Waals surface area contributed by atoms with E-state index in [4.69, 9.17) is 0 Å². The van der Waals surface area contributed by atoms with Gasteiger partial charge in [-0.2, -0.15) is 0 Å². The van der Waals surface area contributed by atoms with E-state index in [9.17, 15) is 4.79 Å². The molecule has 2 aromatic carbocycles. The van der Waals surface area contributed by atoms with Gasteiger partial charge >= 0.3 is 0 Å². The largest absolute Gasteiger partial charge is 0.289 e. The predicted octanol–water partition coefficient (Wildman–Crippen LogP) is 4.88.